The van der Waals surface area contributed by atoms with Crippen LogP contribution in [0.2, 0.25) is 0 Å². The number of carbonyl (C=O) groups excluding carboxylic acids is 1. The summed E-state index contributed by atoms with van der Waals surface area (Å²) >= 11 is 0. The maximum absolute atomic E-state index is 13.4. The summed E-state index contributed by atoms with van der Waals surface area (Å²) in [7, 11) is 0. The first-order valence-corrected chi connectivity index (χ1v) is 39.4. The highest BCUT2D eigenvalue weighted by molar-refractivity contribution is 5.76. The van der Waals surface area contributed by atoms with Gasteiger partial charge >= 0.3 is 0 Å². The lowest BCUT2D eigenvalue weighted by Gasteiger charge is -2.46. The van der Waals surface area contributed by atoms with Crippen LogP contribution in [0.3, 0.4) is 0 Å². The smallest absolute Gasteiger partial charge is 0.220 e. The monoisotopic (exact) mass is 1320 g/mol. The maximum Gasteiger partial charge on any atom is 0.220 e. The fourth-order valence-electron chi connectivity index (χ4n) is 13.0. The van der Waals surface area contributed by atoms with Gasteiger partial charge in [-0.05, 0) is 64.2 Å². The predicted molar refractivity (Wildman–Crippen MR) is 383 cm³/mol. The van der Waals surface area contributed by atoms with E-state index in [4.69, 9.17) is 18.9 Å². The summed E-state index contributed by atoms with van der Waals surface area (Å²) in [5, 5.41) is 87.6. The Morgan fingerprint density at radius 2 is 0.720 bits per heavy atom. The number of allylic oxidation sites excluding steroid dienone is 7. The van der Waals surface area contributed by atoms with E-state index in [1.807, 2.05) is 6.08 Å². The number of nitrogens with one attached hydrogen (secondary N) is 1. The lowest BCUT2D eigenvalue weighted by molar-refractivity contribution is -0.359. The number of rotatable bonds is 66. The van der Waals surface area contributed by atoms with Crippen molar-refractivity contribution >= 4 is 5.91 Å². The summed E-state index contributed by atoms with van der Waals surface area (Å²) in [6.45, 7) is 2.83. The first-order chi connectivity index (χ1) is 45.6. The summed E-state index contributed by atoms with van der Waals surface area (Å²) in [6, 6.07) is -0.933. The molecule has 2 saturated heterocycles. The minimum absolute atomic E-state index is 0.243. The van der Waals surface area contributed by atoms with Crippen molar-refractivity contribution < 1.29 is 64.6 Å². The van der Waals surface area contributed by atoms with Gasteiger partial charge in [-0.25, -0.2) is 0 Å². The van der Waals surface area contributed by atoms with Crippen molar-refractivity contribution in [1.29, 1.82) is 0 Å². The highest BCUT2D eigenvalue weighted by atomic mass is 16.7. The van der Waals surface area contributed by atoms with Crippen LogP contribution in [-0.4, -0.2) is 140 Å². The van der Waals surface area contributed by atoms with E-state index in [2.05, 4.69) is 55.6 Å². The molecule has 14 nitrogen and oxygen atoms in total. The number of unbranched alkanes of at least 4 members (excludes halogenated alkanes) is 47. The molecule has 12 unspecified atom stereocenters. The lowest BCUT2D eigenvalue weighted by atomic mass is 9.97. The van der Waals surface area contributed by atoms with E-state index in [1.165, 1.54) is 283 Å². The van der Waals surface area contributed by atoms with Gasteiger partial charge in [0.05, 0.1) is 32.0 Å². The molecule has 0 bridgehead atoms. The van der Waals surface area contributed by atoms with Gasteiger partial charge in [0.15, 0.2) is 12.6 Å². The highest BCUT2D eigenvalue weighted by Crippen LogP contribution is 2.30. The van der Waals surface area contributed by atoms with Gasteiger partial charge in [0.25, 0.3) is 0 Å². The third-order valence-corrected chi connectivity index (χ3v) is 19.2. The number of ether oxygens (including phenoxy) is 4. The summed E-state index contributed by atoms with van der Waals surface area (Å²) in [4.78, 5) is 13.4. The molecule has 2 rings (SSSR count). The predicted octanol–water partition coefficient (Wildman–Crippen LogP) is 17.4. The maximum atomic E-state index is 13.4. The molecular formula is C79H147NO13. The van der Waals surface area contributed by atoms with Crippen LogP contribution in [0.5, 0.6) is 0 Å². The summed E-state index contributed by atoms with van der Waals surface area (Å²) in [5.74, 6) is -0.243. The Hall–Kier alpha value is -2.05. The molecule has 1 amide bonds. The second-order valence-electron chi connectivity index (χ2n) is 27.8. The molecule has 0 aromatic heterocycles. The van der Waals surface area contributed by atoms with Crippen LogP contribution in [0.15, 0.2) is 48.6 Å². The van der Waals surface area contributed by atoms with Gasteiger partial charge in [0.1, 0.15) is 48.8 Å². The molecule has 0 saturated carbocycles. The van der Waals surface area contributed by atoms with E-state index in [1.54, 1.807) is 6.08 Å². The van der Waals surface area contributed by atoms with Crippen molar-refractivity contribution in [2.45, 2.75) is 428 Å². The molecule has 546 valence electrons. The Morgan fingerprint density at radius 3 is 1.12 bits per heavy atom. The molecule has 0 radical (unpaired) electrons. The van der Waals surface area contributed by atoms with E-state index >= 15 is 0 Å². The van der Waals surface area contributed by atoms with Crippen LogP contribution in [0, 0.1) is 0 Å². The molecule has 2 aliphatic rings. The van der Waals surface area contributed by atoms with E-state index < -0.39 is 86.8 Å². The molecule has 14 heteroatoms. The summed E-state index contributed by atoms with van der Waals surface area (Å²) in [6.07, 6.45) is 67.6. The standard InChI is InChI=1S/C79H147NO13/c1-3-5-7-9-11-13-15-17-19-21-23-25-27-29-31-33-34-35-37-39-41-43-45-47-49-51-53-55-57-59-61-63-71(84)80-67(66-90-78-76(89)74(87)77(70(65-82)92-78)93-79-75(88)73(86)72(85)69(64-81)91-79)68(83)62-60-58-56-54-52-50-48-46-44-42-40-38-36-32-30-28-26-24-22-20-18-16-14-12-10-8-6-4-2/h15,17,21,23,52,54,60,62,67-70,72-79,81-83,85-89H,3-14,16,18-20,22,24-51,53,55-59,61,63-66H2,1-2H3,(H,80,84)/b17-15-,23-21-,54-52+,62-60+. The van der Waals surface area contributed by atoms with Gasteiger partial charge in [-0.3, -0.25) is 4.79 Å². The molecule has 0 aromatic carbocycles. The minimum Gasteiger partial charge on any atom is -0.394 e. The van der Waals surface area contributed by atoms with Crippen molar-refractivity contribution in [2.75, 3.05) is 19.8 Å². The molecule has 9 N–H and O–H groups in total. The number of aliphatic hydroxyl groups excluding tert-OH is 8. The lowest BCUT2D eigenvalue weighted by Crippen LogP contribution is -2.65. The molecule has 2 aliphatic heterocycles. The van der Waals surface area contributed by atoms with Crippen LogP contribution >= 0.6 is 0 Å². The summed E-state index contributed by atoms with van der Waals surface area (Å²) < 4.78 is 22.9. The third kappa shape index (κ3) is 46.8. The zero-order valence-electron chi connectivity index (χ0n) is 59.8. The molecule has 2 heterocycles. The van der Waals surface area contributed by atoms with Gasteiger partial charge in [-0.15, -0.1) is 0 Å². The van der Waals surface area contributed by atoms with Crippen LogP contribution in [0.1, 0.15) is 354 Å². The number of aliphatic hydroxyl groups is 8. The SMILES string of the molecule is CCCCCCC/C=C\C/C=C\CCCCCCCCCCCCCCCCCCCCCC(=O)NC(COC1OC(CO)C(OC2OC(CO)C(O)C(O)C2O)C(O)C1O)C(O)/C=C/CC/C=C/CCCCCCCCCCCCCCCCCCCCCCCC. The third-order valence-electron chi connectivity index (χ3n) is 19.2. The summed E-state index contributed by atoms with van der Waals surface area (Å²) in [5.41, 5.74) is 0. The fourth-order valence-corrected chi connectivity index (χ4v) is 13.0. The van der Waals surface area contributed by atoms with Gasteiger partial charge < -0.3 is 65.1 Å². The number of hydrogen-bond acceptors (Lipinski definition) is 13. The number of carbonyl (C=O) groups is 1. The van der Waals surface area contributed by atoms with Gasteiger partial charge in [0.2, 0.25) is 5.91 Å². The normalized spacial score (nSPS) is 22.8. The zero-order valence-corrected chi connectivity index (χ0v) is 59.8. The van der Waals surface area contributed by atoms with Crippen molar-refractivity contribution in [3.05, 3.63) is 48.6 Å². The second kappa shape index (κ2) is 63.4. The average molecular weight is 1320 g/mol. The quantitative estimate of drug-likeness (QED) is 0.0204. The van der Waals surface area contributed by atoms with Crippen LogP contribution in [-0.2, 0) is 23.7 Å². The largest absolute Gasteiger partial charge is 0.394 e. The van der Waals surface area contributed by atoms with Crippen molar-refractivity contribution in [3.8, 4) is 0 Å². The van der Waals surface area contributed by atoms with E-state index in [-0.39, 0.29) is 18.9 Å². The molecular weight excluding hydrogens is 1170 g/mol. The Labute approximate surface area is 569 Å². The number of hydrogen-bond donors (Lipinski definition) is 9. The van der Waals surface area contributed by atoms with E-state index in [9.17, 15) is 45.6 Å². The molecule has 0 aliphatic carbocycles. The molecule has 93 heavy (non-hydrogen) atoms. The first-order valence-electron chi connectivity index (χ1n) is 39.4. The molecule has 2 fully saturated rings. The van der Waals surface area contributed by atoms with Crippen LogP contribution in [0.4, 0.5) is 0 Å². The Morgan fingerprint density at radius 1 is 0.387 bits per heavy atom. The van der Waals surface area contributed by atoms with Gasteiger partial charge in [0, 0.05) is 6.42 Å². The molecule has 0 aromatic rings. The Bertz CT molecular complexity index is 1750. The van der Waals surface area contributed by atoms with Gasteiger partial charge in [-0.1, -0.05) is 332 Å². The van der Waals surface area contributed by atoms with E-state index in [0.717, 1.165) is 38.5 Å². The first kappa shape index (κ1) is 87.0. The second-order valence-corrected chi connectivity index (χ2v) is 27.8. The molecule has 12 atom stereocenters. The topological polar surface area (TPSA) is 228 Å². The average Bonchev–Trinajstić information content (AvgIpc) is 0.851. The van der Waals surface area contributed by atoms with Crippen LogP contribution < -0.4 is 5.32 Å². The highest BCUT2D eigenvalue weighted by Gasteiger charge is 2.51. The Balaban J connectivity index is 1.64. The minimum atomic E-state index is -1.79. The van der Waals surface area contributed by atoms with Crippen LogP contribution in [0.25, 0.3) is 0 Å². The van der Waals surface area contributed by atoms with Crippen molar-refractivity contribution in [2.24, 2.45) is 0 Å². The number of amides is 1. The molecule has 0 spiro atoms. The van der Waals surface area contributed by atoms with Crippen molar-refractivity contribution in [3.63, 3.8) is 0 Å². The van der Waals surface area contributed by atoms with E-state index in [0.29, 0.717) is 12.8 Å². The fraction of sp³-hybridized carbons (Fsp3) is 0.886. The Kier molecular flexibility index (Phi) is 59.3. The van der Waals surface area contributed by atoms with Gasteiger partial charge in [-0.2, -0.15) is 0 Å². The zero-order chi connectivity index (χ0) is 67.3. The van der Waals surface area contributed by atoms with Crippen molar-refractivity contribution in [1.82, 2.24) is 5.32 Å².